The fourth-order valence-corrected chi connectivity index (χ4v) is 5.19. The van der Waals surface area contributed by atoms with E-state index in [1.165, 1.54) is 37.0 Å². The average molecular weight is 470 g/mol. The molecule has 0 radical (unpaired) electrons. The maximum absolute atomic E-state index is 12.8. The van der Waals surface area contributed by atoms with Gasteiger partial charge in [-0.15, -0.1) is 0 Å². The molecular weight excluding hydrogens is 449 g/mol. The van der Waals surface area contributed by atoms with Crippen LogP contribution in [0.2, 0.25) is 0 Å². The molecule has 1 aromatic carbocycles. The first-order valence-corrected chi connectivity index (χ1v) is 12.0. The number of aryl methyl sites for hydroxylation is 1. The van der Waals surface area contributed by atoms with Crippen molar-refractivity contribution in [2.75, 3.05) is 6.61 Å². The molecule has 2 heterocycles. The van der Waals surface area contributed by atoms with Crippen LogP contribution in [0.1, 0.15) is 32.1 Å². The molecule has 0 amide bonds. The number of hydrogen-bond donors (Lipinski definition) is 0. The molecule has 1 aliphatic rings. The molecule has 0 spiro atoms. The van der Waals surface area contributed by atoms with Crippen molar-refractivity contribution in [3.63, 3.8) is 0 Å². The van der Waals surface area contributed by atoms with Crippen LogP contribution in [-0.2, 0) is 31.5 Å². The molecule has 0 N–H and O–H groups in total. The summed E-state index contributed by atoms with van der Waals surface area (Å²) in [4.78, 5) is 26.4. The molecule has 0 saturated carbocycles. The Labute approximate surface area is 168 Å². The van der Waals surface area contributed by atoms with E-state index < -0.39 is 43.1 Å². The minimum atomic E-state index is -4.76. The van der Waals surface area contributed by atoms with Crippen molar-refractivity contribution >= 4 is 33.8 Å². The number of hydrogen-bond acceptors (Lipinski definition) is 9. The van der Waals surface area contributed by atoms with Gasteiger partial charge in [-0.2, -0.15) is 0 Å². The zero-order valence-corrected chi connectivity index (χ0v) is 17.9. The van der Waals surface area contributed by atoms with Gasteiger partial charge in [0.15, 0.2) is 0 Å². The van der Waals surface area contributed by atoms with E-state index in [-0.39, 0.29) is 22.2 Å². The van der Waals surface area contributed by atoms with Gasteiger partial charge in [0.1, 0.15) is 0 Å². The number of nitrogens with zero attached hydrogens (tertiary/aromatic N) is 3. The van der Waals surface area contributed by atoms with Crippen molar-refractivity contribution in [2.45, 2.75) is 45.6 Å². The van der Waals surface area contributed by atoms with E-state index in [0.29, 0.717) is 0 Å². The molecule has 156 valence electrons. The Morgan fingerprint density at radius 3 is 2.52 bits per heavy atom. The molecule has 1 saturated heterocycles. The quantitative estimate of drug-likeness (QED) is 0.416. The van der Waals surface area contributed by atoms with Gasteiger partial charge >= 0.3 is 168 Å². The van der Waals surface area contributed by atoms with Gasteiger partial charge in [-0.25, -0.2) is 0 Å². The summed E-state index contributed by atoms with van der Waals surface area (Å²) in [6.45, 7) is 4.29. The van der Waals surface area contributed by atoms with Gasteiger partial charge in [-0.05, 0) is 0 Å². The van der Waals surface area contributed by atoms with Gasteiger partial charge in [-0.1, -0.05) is 0 Å². The van der Waals surface area contributed by atoms with Crippen LogP contribution in [0, 0.1) is 6.92 Å². The molecule has 1 fully saturated rings. The van der Waals surface area contributed by atoms with Crippen LogP contribution in [0.3, 0.4) is 0 Å². The fourth-order valence-electron chi connectivity index (χ4n) is 2.89. The Balaban J connectivity index is 1.79. The molecule has 11 heteroatoms. The Bertz CT molecular complexity index is 1000. The van der Waals surface area contributed by atoms with E-state index in [2.05, 4.69) is 10.1 Å². The molecule has 0 bridgehead atoms. The molecule has 3 atom stereocenters. The second-order valence-electron chi connectivity index (χ2n) is 6.64. The van der Waals surface area contributed by atoms with Crippen LogP contribution in [-0.4, -0.2) is 58.2 Å². The first-order chi connectivity index (χ1) is 13.7. The summed E-state index contributed by atoms with van der Waals surface area (Å²) in [6, 6.07) is 6.46. The van der Waals surface area contributed by atoms with Gasteiger partial charge in [0.25, 0.3) is 0 Å². The number of carbonyl (C=O) groups is 2. The summed E-state index contributed by atoms with van der Waals surface area (Å²) in [5.74, 6) is -0.994. The number of aromatic nitrogens is 3. The molecular formula is C18H21N3O7Se. The second-order valence-corrected chi connectivity index (χ2v) is 10.5. The van der Waals surface area contributed by atoms with Crippen LogP contribution in [0.4, 0.5) is 0 Å². The van der Waals surface area contributed by atoms with E-state index in [0.717, 1.165) is 5.56 Å². The summed E-state index contributed by atoms with van der Waals surface area (Å²) >= 11 is -4.76. The van der Waals surface area contributed by atoms with E-state index in [1.54, 1.807) is 12.1 Å². The summed E-state index contributed by atoms with van der Waals surface area (Å²) in [5, 5.41) is 4.08. The third-order valence-corrected chi connectivity index (χ3v) is 7.58. The SMILES string of the molecule is CC(=O)OC[C@H]1O[C@@H](n2cnc([Se](=O)(=O)c3ccc(C)cc3)n2)C[C@@H]1OC(C)=O. The van der Waals surface area contributed by atoms with Gasteiger partial charge in [-0.3, -0.25) is 0 Å². The number of benzene rings is 1. The Hall–Kier alpha value is -2.62. The average Bonchev–Trinajstić information content (AvgIpc) is 3.27. The molecule has 0 aliphatic carbocycles. The predicted molar refractivity (Wildman–Crippen MR) is 98.3 cm³/mol. The van der Waals surface area contributed by atoms with Crippen molar-refractivity contribution < 1.29 is 31.5 Å². The van der Waals surface area contributed by atoms with Gasteiger partial charge in [0.2, 0.25) is 0 Å². The number of ether oxygens (including phenoxy) is 3. The summed E-state index contributed by atoms with van der Waals surface area (Å²) < 4.78 is 42.7. The van der Waals surface area contributed by atoms with Crippen molar-refractivity contribution in [1.29, 1.82) is 0 Å². The zero-order valence-electron chi connectivity index (χ0n) is 16.1. The number of carbonyl (C=O) groups excluding carboxylic acids is 2. The molecule has 10 nitrogen and oxygen atoms in total. The van der Waals surface area contributed by atoms with Crippen LogP contribution in [0.5, 0.6) is 0 Å². The van der Waals surface area contributed by atoms with E-state index in [1.807, 2.05) is 6.92 Å². The molecule has 1 aliphatic heterocycles. The Morgan fingerprint density at radius 1 is 1.21 bits per heavy atom. The Morgan fingerprint density at radius 2 is 1.90 bits per heavy atom. The van der Waals surface area contributed by atoms with E-state index in [9.17, 15) is 17.3 Å². The van der Waals surface area contributed by atoms with Crippen molar-refractivity contribution in [2.24, 2.45) is 0 Å². The monoisotopic (exact) mass is 471 g/mol. The van der Waals surface area contributed by atoms with Gasteiger partial charge in [0, 0.05) is 0 Å². The van der Waals surface area contributed by atoms with Crippen LogP contribution in [0.15, 0.2) is 30.6 Å². The van der Waals surface area contributed by atoms with Crippen molar-refractivity contribution in [3.8, 4) is 0 Å². The minimum absolute atomic E-state index is 0.0996. The second kappa shape index (κ2) is 8.40. The Kier molecular flexibility index (Phi) is 6.11. The van der Waals surface area contributed by atoms with Crippen LogP contribution in [0.25, 0.3) is 0 Å². The number of esters is 2. The number of rotatable bonds is 6. The normalized spacial score (nSPS) is 21.7. The summed E-state index contributed by atoms with van der Waals surface area (Å²) in [7, 11) is 0. The van der Waals surface area contributed by atoms with Crippen molar-refractivity contribution in [1.82, 2.24) is 14.8 Å². The first kappa shape index (κ1) is 21.1. The third-order valence-electron chi connectivity index (χ3n) is 4.30. The topological polar surface area (TPSA) is 127 Å². The fraction of sp³-hybridized carbons (Fsp3) is 0.444. The van der Waals surface area contributed by atoms with Crippen LogP contribution >= 0.6 is 0 Å². The molecule has 0 unspecified atom stereocenters. The van der Waals surface area contributed by atoms with Gasteiger partial charge < -0.3 is 0 Å². The van der Waals surface area contributed by atoms with Crippen LogP contribution < -0.4 is 9.18 Å². The van der Waals surface area contributed by atoms with Crippen molar-refractivity contribution in [3.05, 3.63) is 36.2 Å². The molecule has 1 aromatic heterocycles. The van der Waals surface area contributed by atoms with Gasteiger partial charge in [0.05, 0.1) is 0 Å². The molecule has 3 rings (SSSR count). The maximum atomic E-state index is 12.8. The standard InChI is InChI=1S/C18H21N3O7Se/c1-11-4-6-14(7-5-11)29(24,25)18-19-10-21(20-18)17-8-15(27-13(3)23)16(28-17)9-26-12(2)22/h4-7,10,15-17H,8-9H2,1-3H3/t15-,16+,17+/m0/s1. The van der Waals surface area contributed by atoms with E-state index >= 15 is 0 Å². The molecule has 29 heavy (non-hydrogen) atoms. The predicted octanol–water partition coefficient (Wildman–Crippen LogP) is -0.214. The third kappa shape index (κ3) is 4.87. The molecule has 2 aromatic rings. The first-order valence-electron chi connectivity index (χ1n) is 8.86. The summed E-state index contributed by atoms with van der Waals surface area (Å²) in [6.07, 6.45) is -0.598. The zero-order chi connectivity index (χ0) is 21.2. The van der Waals surface area contributed by atoms with E-state index in [4.69, 9.17) is 14.2 Å². The summed E-state index contributed by atoms with van der Waals surface area (Å²) in [5.41, 5.74) is 0.940.